The van der Waals surface area contributed by atoms with E-state index in [4.69, 9.17) is 0 Å². The zero-order chi connectivity index (χ0) is 8.97. The molecular formula is C10H21NO. The second-order valence-electron chi connectivity index (χ2n) is 3.99. The number of rotatable bonds is 3. The number of hydrogen-bond donors (Lipinski definition) is 1. The van der Waals surface area contributed by atoms with Gasteiger partial charge < -0.3 is 5.11 Å². The van der Waals surface area contributed by atoms with Crippen molar-refractivity contribution in [3.63, 3.8) is 0 Å². The first-order valence-electron chi connectivity index (χ1n) is 5.16. The van der Waals surface area contributed by atoms with Gasteiger partial charge in [-0.2, -0.15) is 0 Å². The molecule has 0 aliphatic carbocycles. The minimum Gasteiger partial charge on any atom is -0.378 e. The van der Waals surface area contributed by atoms with Gasteiger partial charge in [-0.3, -0.25) is 4.90 Å². The quantitative estimate of drug-likeness (QED) is 0.700. The third kappa shape index (κ3) is 2.76. The highest BCUT2D eigenvalue weighted by Gasteiger charge is 2.20. The molecule has 2 heteroatoms. The number of hydrogen-bond acceptors (Lipinski definition) is 2. The van der Waals surface area contributed by atoms with Gasteiger partial charge in [0, 0.05) is 13.1 Å². The Morgan fingerprint density at radius 3 is 2.50 bits per heavy atom. The van der Waals surface area contributed by atoms with Crippen LogP contribution in [0.15, 0.2) is 0 Å². The lowest BCUT2D eigenvalue weighted by atomic mass is 9.99. The Hall–Kier alpha value is -0.0800. The van der Waals surface area contributed by atoms with Gasteiger partial charge >= 0.3 is 0 Å². The van der Waals surface area contributed by atoms with Gasteiger partial charge in [0.1, 0.15) is 6.23 Å². The predicted molar refractivity (Wildman–Crippen MR) is 50.9 cm³/mol. The molecule has 0 aromatic carbocycles. The van der Waals surface area contributed by atoms with E-state index in [2.05, 4.69) is 18.7 Å². The fourth-order valence-electron chi connectivity index (χ4n) is 1.77. The molecule has 1 unspecified atom stereocenters. The maximum absolute atomic E-state index is 9.69. The summed E-state index contributed by atoms with van der Waals surface area (Å²) >= 11 is 0. The van der Waals surface area contributed by atoms with Crippen molar-refractivity contribution in [2.75, 3.05) is 13.1 Å². The molecule has 12 heavy (non-hydrogen) atoms. The maximum Gasteiger partial charge on any atom is 0.107 e. The minimum atomic E-state index is -0.178. The van der Waals surface area contributed by atoms with Crippen molar-refractivity contribution in [3.05, 3.63) is 0 Å². The van der Waals surface area contributed by atoms with Crippen molar-refractivity contribution in [2.24, 2.45) is 5.92 Å². The van der Waals surface area contributed by atoms with Crippen LogP contribution in [-0.2, 0) is 0 Å². The molecule has 72 valence electrons. The van der Waals surface area contributed by atoms with E-state index in [0.29, 0.717) is 0 Å². The highest BCUT2D eigenvalue weighted by molar-refractivity contribution is 4.71. The first-order valence-corrected chi connectivity index (χ1v) is 5.16. The fourth-order valence-corrected chi connectivity index (χ4v) is 1.77. The molecule has 1 fully saturated rings. The average molecular weight is 171 g/mol. The first-order chi connectivity index (χ1) is 5.74. The third-order valence-corrected chi connectivity index (χ3v) is 2.79. The van der Waals surface area contributed by atoms with Crippen LogP contribution in [0.1, 0.15) is 39.5 Å². The lowest BCUT2D eigenvalue weighted by molar-refractivity contribution is -0.0208. The normalized spacial score (nSPS) is 24.2. The van der Waals surface area contributed by atoms with Crippen LogP contribution in [0.25, 0.3) is 0 Å². The van der Waals surface area contributed by atoms with E-state index in [1.54, 1.807) is 0 Å². The lowest BCUT2D eigenvalue weighted by Crippen LogP contribution is -2.40. The van der Waals surface area contributed by atoms with Gasteiger partial charge in [-0.25, -0.2) is 0 Å². The summed E-state index contributed by atoms with van der Waals surface area (Å²) in [5.74, 6) is 0.857. The predicted octanol–water partition coefficient (Wildman–Crippen LogP) is 1.84. The van der Waals surface area contributed by atoms with Crippen LogP contribution in [0.4, 0.5) is 0 Å². The zero-order valence-corrected chi connectivity index (χ0v) is 8.29. The van der Waals surface area contributed by atoms with E-state index >= 15 is 0 Å². The highest BCUT2D eigenvalue weighted by Crippen LogP contribution is 2.18. The minimum absolute atomic E-state index is 0.178. The van der Waals surface area contributed by atoms with Crippen LogP contribution >= 0.6 is 0 Å². The molecule has 2 nitrogen and oxygen atoms in total. The summed E-state index contributed by atoms with van der Waals surface area (Å²) in [5, 5.41) is 9.69. The lowest BCUT2D eigenvalue weighted by Gasteiger charge is -2.33. The van der Waals surface area contributed by atoms with Crippen molar-refractivity contribution < 1.29 is 5.11 Å². The maximum atomic E-state index is 9.69. The van der Waals surface area contributed by atoms with Crippen molar-refractivity contribution in [1.82, 2.24) is 4.90 Å². The summed E-state index contributed by atoms with van der Waals surface area (Å²) in [6.45, 7) is 6.59. The monoisotopic (exact) mass is 171 g/mol. The second-order valence-corrected chi connectivity index (χ2v) is 3.99. The molecule has 0 saturated carbocycles. The highest BCUT2D eigenvalue weighted by atomic mass is 16.3. The largest absolute Gasteiger partial charge is 0.378 e. The van der Waals surface area contributed by atoms with Gasteiger partial charge in [0.05, 0.1) is 0 Å². The summed E-state index contributed by atoms with van der Waals surface area (Å²) in [6.07, 6.45) is 4.32. The third-order valence-electron chi connectivity index (χ3n) is 2.79. The number of aliphatic hydroxyl groups excluding tert-OH is 1. The van der Waals surface area contributed by atoms with Gasteiger partial charge in [0.15, 0.2) is 0 Å². The van der Waals surface area contributed by atoms with Gasteiger partial charge in [-0.1, -0.05) is 20.3 Å². The molecule has 1 atom stereocenters. The summed E-state index contributed by atoms with van der Waals surface area (Å²) in [4.78, 5) is 2.21. The Morgan fingerprint density at radius 1 is 1.42 bits per heavy atom. The van der Waals surface area contributed by atoms with E-state index in [1.807, 2.05) is 0 Å². The van der Waals surface area contributed by atoms with Gasteiger partial charge in [0.25, 0.3) is 0 Å². The summed E-state index contributed by atoms with van der Waals surface area (Å²) in [6, 6.07) is 0. The Labute approximate surface area is 75.6 Å². The molecule has 1 aliphatic heterocycles. The van der Waals surface area contributed by atoms with Crippen LogP contribution in [0.5, 0.6) is 0 Å². The van der Waals surface area contributed by atoms with Gasteiger partial charge in [-0.15, -0.1) is 0 Å². The summed E-state index contributed by atoms with van der Waals surface area (Å²) < 4.78 is 0. The topological polar surface area (TPSA) is 23.5 Å². The Kier molecular flexibility index (Phi) is 4.02. The molecule has 0 amide bonds. The molecule has 1 rings (SSSR count). The second kappa shape index (κ2) is 4.83. The van der Waals surface area contributed by atoms with Crippen LogP contribution < -0.4 is 0 Å². The van der Waals surface area contributed by atoms with E-state index < -0.39 is 0 Å². The fraction of sp³-hybridized carbons (Fsp3) is 1.00. The number of nitrogens with zero attached hydrogens (tertiary/aromatic N) is 1. The Balaban J connectivity index is 2.24. The first kappa shape index (κ1) is 10.0. The molecule has 1 saturated heterocycles. The van der Waals surface area contributed by atoms with Crippen molar-refractivity contribution >= 4 is 0 Å². The van der Waals surface area contributed by atoms with Crippen molar-refractivity contribution in [1.29, 1.82) is 0 Å². The average Bonchev–Trinajstić information content (AvgIpc) is 2.06. The zero-order valence-electron chi connectivity index (χ0n) is 8.29. The van der Waals surface area contributed by atoms with Crippen LogP contribution in [0, 0.1) is 5.92 Å². The molecule has 1 heterocycles. The standard InChI is InChI=1S/C10H21NO/c1-3-4-10(12)11-7-5-9(2)6-8-11/h9-10,12H,3-8H2,1-2H3. The Morgan fingerprint density at radius 2 is 2.00 bits per heavy atom. The number of aliphatic hydroxyl groups is 1. The van der Waals surface area contributed by atoms with E-state index in [9.17, 15) is 5.11 Å². The molecule has 0 radical (unpaired) electrons. The molecule has 0 aromatic heterocycles. The Bertz CT molecular complexity index is 119. The SMILES string of the molecule is CCCC(O)N1CCC(C)CC1. The number of likely N-dealkylation sites (tertiary alicyclic amines) is 1. The summed E-state index contributed by atoms with van der Waals surface area (Å²) in [7, 11) is 0. The van der Waals surface area contributed by atoms with Crippen molar-refractivity contribution in [2.45, 2.75) is 45.8 Å². The molecule has 1 N–H and O–H groups in total. The molecule has 0 bridgehead atoms. The molecular weight excluding hydrogens is 150 g/mol. The molecule has 1 aliphatic rings. The molecule has 0 aromatic rings. The van der Waals surface area contributed by atoms with Crippen LogP contribution in [-0.4, -0.2) is 29.3 Å². The van der Waals surface area contributed by atoms with Gasteiger partial charge in [-0.05, 0) is 25.2 Å². The summed E-state index contributed by atoms with van der Waals surface area (Å²) in [5.41, 5.74) is 0. The van der Waals surface area contributed by atoms with Crippen LogP contribution in [0.3, 0.4) is 0 Å². The number of piperidine rings is 1. The van der Waals surface area contributed by atoms with E-state index in [1.165, 1.54) is 12.8 Å². The van der Waals surface area contributed by atoms with E-state index in [-0.39, 0.29) is 6.23 Å². The van der Waals surface area contributed by atoms with Gasteiger partial charge in [0.2, 0.25) is 0 Å². The smallest absolute Gasteiger partial charge is 0.107 e. The van der Waals surface area contributed by atoms with E-state index in [0.717, 1.165) is 31.8 Å². The van der Waals surface area contributed by atoms with Crippen molar-refractivity contribution in [3.8, 4) is 0 Å². The van der Waals surface area contributed by atoms with Crippen LogP contribution in [0.2, 0.25) is 0 Å². The molecule has 0 spiro atoms.